The Morgan fingerprint density at radius 3 is 3.06 bits per heavy atom. The Labute approximate surface area is 108 Å². The summed E-state index contributed by atoms with van der Waals surface area (Å²) in [6, 6.07) is 0.207. The van der Waals surface area contributed by atoms with E-state index in [1.807, 2.05) is 18.5 Å². The first-order valence-corrected chi connectivity index (χ1v) is 6.81. The van der Waals surface area contributed by atoms with Crippen molar-refractivity contribution in [3.63, 3.8) is 0 Å². The molecule has 0 bridgehead atoms. The van der Waals surface area contributed by atoms with Crippen LogP contribution >= 0.6 is 0 Å². The Morgan fingerprint density at radius 1 is 1.61 bits per heavy atom. The van der Waals surface area contributed by atoms with E-state index in [4.69, 9.17) is 4.74 Å². The maximum absolute atomic E-state index is 10.9. The predicted octanol–water partition coefficient (Wildman–Crippen LogP) is 2.03. The van der Waals surface area contributed by atoms with Crippen molar-refractivity contribution in [1.29, 1.82) is 0 Å². The van der Waals surface area contributed by atoms with Crippen molar-refractivity contribution in [2.45, 2.75) is 64.2 Å². The minimum atomic E-state index is -0.890. The van der Waals surface area contributed by atoms with Crippen molar-refractivity contribution in [2.24, 2.45) is 0 Å². The molecular formula is C13H23N3O2. The molecule has 1 fully saturated rings. The number of hydrogen-bond donors (Lipinski definition) is 1. The average Bonchev–Trinajstić information content (AvgIpc) is 2.79. The lowest BCUT2D eigenvalue weighted by Crippen LogP contribution is -2.41. The fourth-order valence-electron chi connectivity index (χ4n) is 2.60. The number of aliphatic hydroxyl groups is 1. The third-order valence-corrected chi connectivity index (χ3v) is 3.52. The summed E-state index contributed by atoms with van der Waals surface area (Å²) in [6.07, 6.45) is 4.92. The number of nitrogens with zero attached hydrogens (tertiary/aromatic N) is 3. The average molecular weight is 253 g/mol. The van der Waals surface area contributed by atoms with E-state index >= 15 is 0 Å². The number of hydrogen-bond acceptors (Lipinski definition) is 4. The molecule has 0 aromatic carbocycles. The minimum absolute atomic E-state index is 0.131. The van der Waals surface area contributed by atoms with Crippen LogP contribution in [0.15, 0.2) is 6.33 Å². The Bertz CT molecular complexity index is 389. The highest BCUT2D eigenvalue weighted by Gasteiger charge is 2.40. The molecule has 102 valence electrons. The van der Waals surface area contributed by atoms with Crippen molar-refractivity contribution in [3.05, 3.63) is 12.2 Å². The van der Waals surface area contributed by atoms with E-state index in [9.17, 15) is 5.11 Å². The summed E-state index contributed by atoms with van der Waals surface area (Å²) in [6.45, 7) is 6.81. The number of ether oxygens (including phenoxy) is 1. The third kappa shape index (κ3) is 2.57. The summed E-state index contributed by atoms with van der Waals surface area (Å²) in [5, 5.41) is 15.1. The van der Waals surface area contributed by atoms with Crippen molar-refractivity contribution in [2.75, 3.05) is 6.61 Å². The summed E-state index contributed by atoms with van der Waals surface area (Å²) in [5.41, 5.74) is -0.890. The molecule has 2 unspecified atom stereocenters. The van der Waals surface area contributed by atoms with Gasteiger partial charge in [0.05, 0.1) is 12.7 Å². The predicted molar refractivity (Wildman–Crippen MR) is 68.2 cm³/mol. The van der Waals surface area contributed by atoms with E-state index in [0.717, 1.165) is 12.8 Å². The Kier molecular flexibility index (Phi) is 4.02. The highest BCUT2D eigenvalue weighted by molar-refractivity contribution is 5.04. The maximum atomic E-state index is 10.9. The molecule has 5 heteroatoms. The Hall–Kier alpha value is -0.940. The van der Waals surface area contributed by atoms with Gasteiger partial charge in [0.15, 0.2) is 5.82 Å². The smallest absolute Gasteiger partial charge is 0.159 e. The molecule has 2 atom stereocenters. The van der Waals surface area contributed by atoms with Crippen molar-refractivity contribution in [1.82, 2.24) is 14.8 Å². The highest BCUT2D eigenvalue weighted by Crippen LogP contribution is 2.35. The van der Waals surface area contributed by atoms with Crippen LogP contribution < -0.4 is 0 Å². The van der Waals surface area contributed by atoms with Crippen molar-refractivity contribution in [3.8, 4) is 0 Å². The van der Waals surface area contributed by atoms with Crippen LogP contribution in [-0.2, 0) is 10.3 Å². The zero-order chi connectivity index (χ0) is 13.2. The Morgan fingerprint density at radius 2 is 2.39 bits per heavy atom. The molecule has 2 rings (SSSR count). The van der Waals surface area contributed by atoms with Gasteiger partial charge >= 0.3 is 0 Å². The fourth-order valence-corrected chi connectivity index (χ4v) is 2.60. The highest BCUT2D eigenvalue weighted by atomic mass is 16.5. The van der Waals surface area contributed by atoms with Gasteiger partial charge < -0.3 is 9.84 Å². The first-order valence-electron chi connectivity index (χ1n) is 6.81. The van der Waals surface area contributed by atoms with Crippen molar-refractivity contribution < 1.29 is 9.84 Å². The molecule has 5 nitrogen and oxygen atoms in total. The zero-order valence-corrected chi connectivity index (χ0v) is 11.5. The van der Waals surface area contributed by atoms with E-state index < -0.39 is 5.60 Å². The minimum Gasteiger partial charge on any atom is -0.382 e. The lowest BCUT2D eigenvalue weighted by Gasteiger charge is -2.36. The van der Waals surface area contributed by atoms with Gasteiger partial charge in [-0.05, 0) is 20.3 Å². The van der Waals surface area contributed by atoms with Crippen LogP contribution in [0.25, 0.3) is 0 Å². The van der Waals surface area contributed by atoms with Crippen LogP contribution in [0.2, 0.25) is 0 Å². The van der Waals surface area contributed by atoms with Gasteiger partial charge in [-0.25, -0.2) is 9.67 Å². The molecule has 0 spiro atoms. The van der Waals surface area contributed by atoms with E-state index in [1.54, 1.807) is 0 Å². The number of aromatic nitrogens is 3. The van der Waals surface area contributed by atoms with Gasteiger partial charge in [-0.2, -0.15) is 5.10 Å². The van der Waals surface area contributed by atoms with Gasteiger partial charge in [-0.15, -0.1) is 0 Å². The molecule has 2 heterocycles. The van der Waals surface area contributed by atoms with E-state index in [0.29, 0.717) is 25.3 Å². The second-order valence-electron chi connectivity index (χ2n) is 5.39. The monoisotopic (exact) mass is 253 g/mol. The van der Waals surface area contributed by atoms with Crippen LogP contribution in [0.3, 0.4) is 0 Å². The second-order valence-corrected chi connectivity index (χ2v) is 5.39. The lowest BCUT2D eigenvalue weighted by molar-refractivity contribution is -0.116. The van der Waals surface area contributed by atoms with Crippen LogP contribution in [0.5, 0.6) is 0 Å². The standard InChI is InChI=1S/C13H23N3O2/c1-4-5-11-8-13(17,6-7-18-11)12-14-9-15-16(12)10(2)3/h9-11,17H,4-8H2,1-3H3. The molecule has 1 saturated heterocycles. The van der Waals surface area contributed by atoms with Gasteiger partial charge in [-0.3, -0.25) is 0 Å². The first-order chi connectivity index (χ1) is 8.57. The third-order valence-electron chi connectivity index (χ3n) is 3.52. The van der Waals surface area contributed by atoms with Gasteiger partial charge in [0.1, 0.15) is 11.9 Å². The Balaban J connectivity index is 2.21. The van der Waals surface area contributed by atoms with Gasteiger partial charge in [0, 0.05) is 18.9 Å². The molecule has 1 N–H and O–H groups in total. The molecule has 1 aliphatic rings. The van der Waals surface area contributed by atoms with E-state index in [-0.39, 0.29) is 12.1 Å². The van der Waals surface area contributed by atoms with Crippen LogP contribution in [-0.4, -0.2) is 32.6 Å². The topological polar surface area (TPSA) is 60.2 Å². The lowest BCUT2D eigenvalue weighted by atomic mass is 9.88. The summed E-state index contributed by atoms with van der Waals surface area (Å²) in [4.78, 5) is 4.27. The molecule has 0 radical (unpaired) electrons. The molecule has 0 saturated carbocycles. The second kappa shape index (κ2) is 5.36. The fraction of sp³-hybridized carbons (Fsp3) is 0.846. The largest absolute Gasteiger partial charge is 0.382 e. The molecule has 0 aliphatic carbocycles. The summed E-state index contributed by atoms with van der Waals surface area (Å²) < 4.78 is 7.51. The molecule has 1 aliphatic heterocycles. The van der Waals surface area contributed by atoms with E-state index in [2.05, 4.69) is 17.0 Å². The zero-order valence-electron chi connectivity index (χ0n) is 11.5. The molecular weight excluding hydrogens is 230 g/mol. The summed E-state index contributed by atoms with van der Waals surface area (Å²) in [7, 11) is 0. The first kappa shape index (κ1) is 13.5. The van der Waals surface area contributed by atoms with Gasteiger partial charge in [-0.1, -0.05) is 13.3 Å². The van der Waals surface area contributed by atoms with Crippen LogP contribution in [0.1, 0.15) is 58.3 Å². The van der Waals surface area contributed by atoms with Crippen molar-refractivity contribution >= 4 is 0 Å². The molecule has 1 aromatic heterocycles. The maximum Gasteiger partial charge on any atom is 0.159 e. The van der Waals surface area contributed by atoms with Crippen LogP contribution in [0, 0.1) is 0 Å². The molecule has 18 heavy (non-hydrogen) atoms. The van der Waals surface area contributed by atoms with E-state index in [1.165, 1.54) is 6.33 Å². The molecule has 1 aromatic rings. The molecule has 0 amide bonds. The normalized spacial score (nSPS) is 28.8. The summed E-state index contributed by atoms with van der Waals surface area (Å²) >= 11 is 0. The number of rotatable bonds is 4. The van der Waals surface area contributed by atoms with Gasteiger partial charge in [0.2, 0.25) is 0 Å². The quantitative estimate of drug-likeness (QED) is 0.892. The SMILES string of the molecule is CCCC1CC(O)(c2ncnn2C(C)C)CCO1. The van der Waals surface area contributed by atoms with Gasteiger partial charge in [0.25, 0.3) is 0 Å². The summed E-state index contributed by atoms with van der Waals surface area (Å²) in [5.74, 6) is 0.682. The van der Waals surface area contributed by atoms with Crippen LogP contribution in [0.4, 0.5) is 0 Å².